The van der Waals surface area contributed by atoms with Gasteiger partial charge in [0.15, 0.2) is 0 Å². The maximum Gasteiger partial charge on any atom is 0.228 e. The number of amides is 1. The topological polar surface area (TPSA) is 44.1 Å². The maximum atomic E-state index is 11.8. The standard InChI is InChI=1S/C14H12N2O/c1-3-11-7-14(17)16(9-11)13-6-12(8-15)5-4-10(13)2/h1,4-6,11H,7,9H2,2H3. The molecule has 1 amide bonds. The fraction of sp³-hybridized carbons (Fsp3) is 0.286. The summed E-state index contributed by atoms with van der Waals surface area (Å²) >= 11 is 0. The van der Waals surface area contributed by atoms with Crippen molar-refractivity contribution in [2.75, 3.05) is 11.4 Å². The Morgan fingerprint density at radius 2 is 2.29 bits per heavy atom. The summed E-state index contributed by atoms with van der Waals surface area (Å²) in [5.41, 5.74) is 2.34. The van der Waals surface area contributed by atoms with E-state index in [0.717, 1.165) is 11.3 Å². The van der Waals surface area contributed by atoms with Crippen molar-refractivity contribution in [3.63, 3.8) is 0 Å². The molecule has 2 rings (SSSR count). The van der Waals surface area contributed by atoms with Gasteiger partial charge in [0.1, 0.15) is 0 Å². The molecule has 1 saturated heterocycles. The first-order valence-corrected chi connectivity index (χ1v) is 5.43. The largest absolute Gasteiger partial charge is 0.311 e. The van der Waals surface area contributed by atoms with Crippen molar-refractivity contribution in [3.8, 4) is 18.4 Å². The Kier molecular flexibility index (Phi) is 2.85. The number of rotatable bonds is 1. The van der Waals surface area contributed by atoms with Crippen LogP contribution in [0.4, 0.5) is 5.69 Å². The van der Waals surface area contributed by atoms with Gasteiger partial charge < -0.3 is 4.90 Å². The average molecular weight is 224 g/mol. The Balaban J connectivity index is 2.39. The van der Waals surface area contributed by atoms with E-state index in [1.165, 1.54) is 0 Å². The zero-order chi connectivity index (χ0) is 12.4. The lowest BCUT2D eigenvalue weighted by Gasteiger charge is -2.18. The second kappa shape index (κ2) is 4.31. The van der Waals surface area contributed by atoms with Crippen molar-refractivity contribution in [1.82, 2.24) is 0 Å². The predicted octanol–water partition coefficient (Wildman–Crippen LogP) is 1.85. The summed E-state index contributed by atoms with van der Waals surface area (Å²) in [5.74, 6) is 2.63. The number of benzene rings is 1. The van der Waals surface area contributed by atoms with Gasteiger partial charge in [-0.2, -0.15) is 5.26 Å². The zero-order valence-electron chi connectivity index (χ0n) is 9.60. The maximum absolute atomic E-state index is 11.8. The van der Waals surface area contributed by atoms with E-state index < -0.39 is 0 Å². The summed E-state index contributed by atoms with van der Waals surface area (Å²) in [4.78, 5) is 13.5. The molecule has 1 aromatic rings. The smallest absolute Gasteiger partial charge is 0.228 e. The predicted molar refractivity (Wildman–Crippen MR) is 65.2 cm³/mol. The van der Waals surface area contributed by atoms with Gasteiger partial charge in [0.05, 0.1) is 11.6 Å². The van der Waals surface area contributed by atoms with Crippen molar-refractivity contribution >= 4 is 11.6 Å². The molecular formula is C14H12N2O. The van der Waals surface area contributed by atoms with Crippen molar-refractivity contribution in [1.29, 1.82) is 5.26 Å². The van der Waals surface area contributed by atoms with Crippen LogP contribution in [0.5, 0.6) is 0 Å². The van der Waals surface area contributed by atoms with Crippen LogP contribution >= 0.6 is 0 Å². The van der Waals surface area contributed by atoms with E-state index in [1.54, 1.807) is 17.0 Å². The van der Waals surface area contributed by atoms with Crippen molar-refractivity contribution in [3.05, 3.63) is 29.3 Å². The minimum absolute atomic E-state index is 0.0207. The first-order valence-electron chi connectivity index (χ1n) is 5.43. The zero-order valence-corrected chi connectivity index (χ0v) is 9.60. The Hall–Kier alpha value is -2.26. The molecule has 17 heavy (non-hydrogen) atoms. The molecule has 3 nitrogen and oxygen atoms in total. The first-order chi connectivity index (χ1) is 8.15. The van der Waals surface area contributed by atoms with Gasteiger partial charge in [-0.25, -0.2) is 0 Å². The molecule has 84 valence electrons. The molecule has 0 radical (unpaired) electrons. The van der Waals surface area contributed by atoms with E-state index in [0.29, 0.717) is 18.5 Å². The van der Waals surface area contributed by atoms with Crippen LogP contribution in [0.15, 0.2) is 18.2 Å². The van der Waals surface area contributed by atoms with Gasteiger partial charge in [-0.1, -0.05) is 6.07 Å². The lowest BCUT2D eigenvalue weighted by molar-refractivity contribution is -0.117. The van der Waals surface area contributed by atoms with Crippen LogP contribution < -0.4 is 4.90 Å². The van der Waals surface area contributed by atoms with E-state index in [4.69, 9.17) is 11.7 Å². The van der Waals surface area contributed by atoms with Gasteiger partial charge in [0.25, 0.3) is 0 Å². The number of hydrogen-bond acceptors (Lipinski definition) is 2. The second-order valence-corrected chi connectivity index (χ2v) is 4.19. The van der Waals surface area contributed by atoms with Crippen LogP contribution in [0.3, 0.4) is 0 Å². The minimum Gasteiger partial charge on any atom is -0.311 e. The molecule has 0 N–H and O–H groups in total. The molecular weight excluding hydrogens is 212 g/mol. The molecule has 0 aromatic heterocycles. The third-order valence-electron chi connectivity index (χ3n) is 2.99. The molecule has 1 unspecified atom stereocenters. The molecule has 0 aliphatic carbocycles. The first kappa shape index (κ1) is 11.2. The Morgan fingerprint density at radius 1 is 1.53 bits per heavy atom. The quantitative estimate of drug-likeness (QED) is 0.683. The number of nitriles is 1. The van der Waals surface area contributed by atoms with Crippen LogP contribution in [0.2, 0.25) is 0 Å². The van der Waals surface area contributed by atoms with E-state index in [2.05, 4.69) is 12.0 Å². The summed E-state index contributed by atoms with van der Waals surface area (Å²) in [6, 6.07) is 7.42. The van der Waals surface area contributed by atoms with Crippen molar-refractivity contribution in [2.45, 2.75) is 13.3 Å². The summed E-state index contributed by atoms with van der Waals surface area (Å²) in [6.07, 6.45) is 5.74. The molecule has 1 atom stereocenters. The Bertz CT molecular complexity index is 548. The van der Waals surface area contributed by atoms with Gasteiger partial charge in [0.2, 0.25) is 5.91 Å². The molecule has 1 aliphatic heterocycles. The van der Waals surface area contributed by atoms with Crippen LogP contribution in [0, 0.1) is 36.5 Å². The van der Waals surface area contributed by atoms with Crippen LogP contribution in [-0.2, 0) is 4.79 Å². The van der Waals surface area contributed by atoms with Crippen molar-refractivity contribution < 1.29 is 4.79 Å². The highest BCUT2D eigenvalue weighted by molar-refractivity contribution is 5.97. The van der Waals surface area contributed by atoms with E-state index >= 15 is 0 Å². The van der Waals surface area contributed by atoms with Gasteiger partial charge in [0, 0.05) is 24.6 Å². The fourth-order valence-electron chi connectivity index (χ4n) is 2.02. The second-order valence-electron chi connectivity index (χ2n) is 4.19. The third-order valence-corrected chi connectivity index (χ3v) is 2.99. The molecule has 1 aliphatic rings. The molecule has 0 spiro atoms. The summed E-state index contributed by atoms with van der Waals surface area (Å²) in [7, 11) is 0. The highest BCUT2D eigenvalue weighted by Crippen LogP contribution is 2.28. The third kappa shape index (κ3) is 2.00. The summed E-state index contributed by atoms with van der Waals surface area (Å²) in [6.45, 7) is 2.47. The fourth-order valence-corrected chi connectivity index (χ4v) is 2.02. The number of carbonyl (C=O) groups excluding carboxylic acids is 1. The number of anilines is 1. The molecule has 3 heteroatoms. The van der Waals surface area contributed by atoms with E-state index in [-0.39, 0.29) is 11.8 Å². The summed E-state index contributed by atoms with van der Waals surface area (Å²) < 4.78 is 0. The van der Waals surface area contributed by atoms with Gasteiger partial charge in [-0.3, -0.25) is 4.79 Å². The van der Waals surface area contributed by atoms with E-state index in [9.17, 15) is 4.79 Å². The molecule has 1 aromatic carbocycles. The van der Waals surface area contributed by atoms with Crippen LogP contribution in [-0.4, -0.2) is 12.5 Å². The highest BCUT2D eigenvalue weighted by Gasteiger charge is 2.30. The van der Waals surface area contributed by atoms with Crippen LogP contribution in [0.25, 0.3) is 0 Å². The SMILES string of the molecule is C#CC1CC(=O)N(c2cc(C#N)ccc2C)C1. The van der Waals surface area contributed by atoms with Crippen molar-refractivity contribution in [2.24, 2.45) is 5.92 Å². The Labute approximate surface area is 101 Å². The van der Waals surface area contributed by atoms with Gasteiger partial charge in [-0.15, -0.1) is 12.3 Å². The van der Waals surface area contributed by atoms with Gasteiger partial charge in [-0.05, 0) is 24.6 Å². The number of terminal acetylenes is 1. The number of carbonyl (C=O) groups is 1. The molecule has 1 heterocycles. The summed E-state index contributed by atoms with van der Waals surface area (Å²) in [5, 5.41) is 8.87. The number of nitrogens with zero attached hydrogens (tertiary/aromatic N) is 2. The molecule has 0 bridgehead atoms. The van der Waals surface area contributed by atoms with Crippen LogP contribution in [0.1, 0.15) is 17.5 Å². The average Bonchev–Trinajstić information content (AvgIpc) is 2.71. The lowest BCUT2D eigenvalue weighted by atomic mass is 10.1. The van der Waals surface area contributed by atoms with Gasteiger partial charge >= 0.3 is 0 Å². The normalized spacial score (nSPS) is 18.9. The molecule has 0 saturated carbocycles. The van der Waals surface area contributed by atoms with E-state index in [1.807, 2.05) is 13.0 Å². The Morgan fingerprint density at radius 3 is 2.88 bits per heavy atom. The molecule has 1 fully saturated rings. The number of hydrogen-bond donors (Lipinski definition) is 0. The lowest BCUT2D eigenvalue weighted by Crippen LogP contribution is -2.25. The highest BCUT2D eigenvalue weighted by atomic mass is 16.2. The number of aryl methyl sites for hydroxylation is 1. The monoisotopic (exact) mass is 224 g/mol. The minimum atomic E-state index is -0.0207.